The monoisotopic (exact) mass is 569 g/mol. The normalized spacial score (nSPS) is 16.5. The molecule has 0 bridgehead atoms. The van der Waals surface area contributed by atoms with Gasteiger partial charge in [-0.05, 0) is 103 Å². The van der Waals surface area contributed by atoms with Crippen LogP contribution in [0.25, 0.3) is 33.0 Å². The maximum Gasteiger partial charge on any atom is 0.0465 e. The fraction of sp³-hybridized carbons (Fsp3) is 0.209. The molecule has 44 heavy (non-hydrogen) atoms. The van der Waals surface area contributed by atoms with Crippen LogP contribution in [-0.2, 0) is 16.2 Å². The highest BCUT2D eigenvalue weighted by Gasteiger charge is 2.46. The lowest BCUT2D eigenvalue weighted by molar-refractivity contribution is 0.299. The summed E-state index contributed by atoms with van der Waals surface area (Å²) in [5.74, 6) is 0. The van der Waals surface area contributed by atoms with Gasteiger partial charge in [0.05, 0.1) is 0 Å². The van der Waals surface area contributed by atoms with Crippen molar-refractivity contribution in [1.82, 2.24) is 0 Å². The Hall–Kier alpha value is -4.62. The fourth-order valence-electron chi connectivity index (χ4n) is 8.11. The first-order chi connectivity index (χ1) is 21.1. The molecule has 0 atom stereocenters. The Morgan fingerprint density at radius 1 is 0.409 bits per heavy atom. The molecule has 0 spiro atoms. The summed E-state index contributed by atoms with van der Waals surface area (Å²) in [5.41, 5.74) is 14.4. The SMILES string of the molecule is CC1(C)c2cc(N(c3ccccc3)c3ccc4c(c3)C(C)(C)C(C)(C)c3ccccc3-4)ccc2-c2ccc3ccccc3c21. The summed E-state index contributed by atoms with van der Waals surface area (Å²) >= 11 is 0. The molecule has 0 fully saturated rings. The summed E-state index contributed by atoms with van der Waals surface area (Å²) in [4.78, 5) is 2.45. The summed E-state index contributed by atoms with van der Waals surface area (Å²) in [5, 5.41) is 2.66. The predicted molar refractivity (Wildman–Crippen MR) is 188 cm³/mol. The number of nitrogens with zero attached hydrogens (tertiary/aromatic N) is 1. The van der Waals surface area contributed by atoms with Crippen molar-refractivity contribution in [2.75, 3.05) is 4.90 Å². The molecule has 2 aliphatic carbocycles. The molecule has 6 aromatic carbocycles. The Bertz CT molecular complexity index is 2090. The quantitative estimate of drug-likeness (QED) is 0.205. The summed E-state index contributed by atoms with van der Waals surface area (Å²) in [7, 11) is 0. The first kappa shape index (κ1) is 27.0. The molecule has 0 saturated heterocycles. The van der Waals surface area contributed by atoms with E-state index in [9.17, 15) is 0 Å². The van der Waals surface area contributed by atoms with Gasteiger partial charge in [0.15, 0.2) is 0 Å². The molecule has 1 nitrogen and oxygen atoms in total. The lowest BCUT2D eigenvalue weighted by Gasteiger charge is -2.48. The van der Waals surface area contributed by atoms with Crippen molar-refractivity contribution < 1.29 is 0 Å². The van der Waals surface area contributed by atoms with E-state index in [1.165, 1.54) is 72.3 Å². The van der Waals surface area contributed by atoms with Crippen molar-refractivity contribution in [3.05, 3.63) is 150 Å². The van der Waals surface area contributed by atoms with Crippen molar-refractivity contribution in [1.29, 1.82) is 0 Å². The largest absolute Gasteiger partial charge is 0.310 e. The van der Waals surface area contributed by atoms with Crippen molar-refractivity contribution >= 4 is 27.8 Å². The van der Waals surface area contributed by atoms with E-state index in [1.54, 1.807) is 0 Å². The summed E-state index contributed by atoms with van der Waals surface area (Å²) in [6.45, 7) is 14.4. The first-order valence-electron chi connectivity index (χ1n) is 15.9. The lowest BCUT2D eigenvalue weighted by Crippen LogP contribution is -2.43. The Morgan fingerprint density at radius 3 is 1.70 bits per heavy atom. The summed E-state index contributed by atoms with van der Waals surface area (Å²) in [6, 6.07) is 47.5. The Morgan fingerprint density at radius 2 is 0.955 bits per heavy atom. The molecule has 1 heteroatoms. The number of para-hydroxylation sites is 1. The van der Waals surface area contributed by atoms with Crippen molar-refractivity contribution in [2.24, 2.45) is 0 Å². The number of fused-ring (bicyclic) bond motifs is 8. The number of anilines is 3. The van der Waals surface area contributed by atoms with Crippen LogP contribution >= 0.6 is 0 Å². The molecule has 0 saturated carbocycles. The molecular weight excluding hydrogens is 530 g/mol. The molecule has 0 unspecified atom stereocenters. The van der Waals surface area contributed by atoms with Crippen LogP contribution in [0, 0.1) is 0 Å². The van der Waals surface area contributed by atoms with E-state index in [-0.39, 0.29) is 16.2 Å². The third-order valence-electron chi connectivity index (χ3n) is 11.2. The van der Waals surface area contributed by atoms with Crippen LogP contribution in [0.4, 0.5) is 17.1 Å². The van der Waals surface area contributed by atoms with Gasteiger partial charge in [0.25, 0.3) is 0 Å². The molecule has 8 rings (SSSR count). The second-order valence-electron chi connectivity index (χ2n) is 14.3. The standard InChI is InChI=1S/C43H39N/c1-41(2)38-26-30(22-25-35(38)36-23-20-28-14-10-11-17-32(28)40(36)41)44(29-15-8-7-9-16-29)31-21-24-34-33-18-12-13-19-37(33)42(3,4)43(5,6)39(34)27-31/h7-27H,1-6H3. The molecule has 0 aliphatic heterocycles. The van der Waals surface area contributed by atoms with Crippen LogP contribution in [0.3, 0.4) is 0 Å². The highest BCUT2D eigenvalue weighted by molar-refractivity contribution is 5.98. The van der Waals surface area contributed by atoms with Gasteiger partial charge in [-0.3, -0.25) is 0 Å². The van der Waals surface area contributed by atoms with E-state index in [2.05, 4.69) is 174 Å². The summed E-state index contributed by atoms with van der Waals surface area (Å²) < 4.78 is 0. The van der Waals surface area contributed by atoms with Gasteiger partial charge in [0, 0.05) is 22.5 Å². The molecular formula is C43H39N. The van der Waals surface area contributed by atoms with Crippen LogP contribution in [0.1, 0.15) is 63.8 Å². The molecule has 216 valence electrons. The molecule has 0 aromatic heterocycles. The number of hydrogen-bond acceptors (Lipinski definition) is 1. The van der Waals surface area contributed by atoms with E-state index < -0.39 is 0 Å². The van der Waals surface area contributed by atoms with E-state index in [1.807, 2.05) is 0 Å². The van der Waals surface area contributed by atoms with E-state index >= 15 is 0 Å². The third kappa shape index (κ3) is 3.59. The zero-order valence-electron chi connectivity index (χ0n) is 26.6. The topological polar surface area (TPSA) is 3.24 Å². The maximum absolute atomic E-state index is 2.46. The third-order valence-corrected chi connectivity index (χ3v) is 11.2. The van der Waals surface area contributed by atoms with Gasteiger partial charge in [-0.15, -0.1) is 0 Å². The minimum atomic E-state index is -0.116. The molecule has 2 aliphatic rings. The second kappa shape index (κ2) is 9.19. The van der Waals surface area contributed by atoms with Crippen molar-refractivity contribution in [2.45, 2.75) is 57.8 Å². The van der Waals surface area contributed by atoms with E-state index in [0.717, 1.165) is 0 Å². The molecule has 0 radical (unpaired) electrons. The first-order valence-corrected chi connectivity index (χ1v) is 15.9. The molecule has 0 amide bonds. The van der Waals surface area contributed by atoms with Crippen LogP contribution in [-0.4, -0.2) is 0 Å². The van der Waals surface area contributed by atoms with Gasteiger partial charge < -0.3 is 4.90 Å². The number of benzene rings is 6. The van der Waals surface area contributed by atoms with Crippen LogP contribution in [0.5, 0.6) is 0 Å². The average Bonchev–Trinajstić information content (AvgIpc) is 3.27. The minimum Gasteiger partial charge on any atom is -0.310 e. The fourth-order valence-corrected chi connectivity index (χ4v) is 8.11. The van der Waals surface area contributed by atoms with Crippen LogP contribution in [0.2, 0.25) is 0 Å². The molecule has 0 heterocycles. The minimum absolute atomic E-state index is 0.0149. The highest BCUT2D eigenvalue weighted by Crippen LogP contribution is 2.56. The van der Waals surface area contributed by atoms with E-state index in [0.29, 0.717) is 0 Å². The second-order valence-corrected chi connectivity index (χ2v) is 14.3. The Labute approximate surface area is 261 Å². The average molecular weight is 570 g/mol. The zero-order valence-corrected chi connectivity index (χ0v) is 26.6. The van der Waals surface area contributed by atoms with Crippen LogP contribution < -0.4 is 4.90 Å². The molecule has 6 aromatic rings. The highest BCUT2D eigenvalue weighted by atomic mass is 15.1. The maximum atomic E-state index is 2.46. The Kier molecular flexibility index (Phi) is 5.63. The van der Waals surface area contributed by atoms with Gasteiger partial charge in [0.1, 0.15) is 0 Å². The van der Waals surface area contributed by atoms with Gasteiger partial charge in [-0.25, -0.2) is 0 Å². The Balaban J connectivity index is 1.33. The number of rotatable bonds is 3. The molecule has 0 N–H and O–H groups in total. The van der Waals surface area contributed by atoms with Crippen molar-refractivity contribution in [3.63, 3.8) is 0 Å². The summed E-state index contributed by atoms with van der Waals surface area (Å²) in [6.07, 6.45) is 0. The van der Waals surface area contributed by atoms with E-state index in [4.69, 9.17) is 0 Å². The zero-order chi connectivity index (χ0) is 30.4. The lowest BCUT2D eigenvalue weighted by atomic mass is 9.55. The van der Waals surface area contributed by atoms with Crippen LogP contribution in [0.15, 0.2) is 127 Å². The number of hydrogen-bond donors (Lipinski definition) is 0. The predicted octanol–water partition coefficient (Wildman–Crippen LogP) is 11.9. The van der Waals surface area contributed by atoms with Gasteiger partial charge in [0.2, 0.25) is 0 Å². The van der Waals surface area contributed by atoms with Crippen molar-refractivity contribution in [3.8, 4) is 22.3 Å². The van der Waals surface area contributed by atoms with Gasteiger partial charge in [-0.2, -0.15) is 0 Å². The van der Waals surface area contributed by atoms with Gasteiger partial charge in [-0.1, -0.05) is 133 Å². The van der Waals surface area contributed by atoms with Gasteiger partial charge >= 0.3 is 0 Å². The smallest absolute Gasteiger partial charge is 0.0465 e.